The van der Waals surface area contributed by atoms with Crippen molar-refractivity contribution in [3.05, 3.63) is 59.4 Å². The summed E-state index contributed by atoms with van der Waals surface area (Å²) in [5.74, 6) is 0.168. The number of rotatable bonds is 11. The van der Waals surface area contributed by atoms with Gasteiger partial charge in [-0.1, -0.05) is 32.9 Å². The molecule has 2 aromatic carbocycles. The van der Waals surface area contributed by atoms with E-state index < -0.39 is 17.6 Å². The molecule has 3 atom stereocenters. The minimum atomic E-state index is -0.666. The van der Waals surface area contributed by atoms with Gasteiger partial charge < -0.3 is 30.0 Å². The first-order valence-corrected chi connectivity index (χ1v) is 22.4. The lowest BCUT2D eigenvalue weighted by Crippen LogP contribution is -2.52. The predicted molar refractivity (Wildman–Crippen MR) is 229 cm³/mol. The van der Waals surface area contributed by atoms with Gasteiger partial charge in [0.15, 0.2) is 17.4 Å². The van der Waals surface area contributed by atoms with E-state index in [1.807, 2.05) is 18.2 Å². The van der Waals surface area contributed by atoms with Gasteiger partial charge in [-0.25, -0.2) is 4.39 Å². The number of amides is 3. The highest BCUT2D eigenvalue weighted by Gasteiger charge is 2.50. The zero-order valence-corrected chi connectivity index (χ0v) is 35.3. The van der Waals surface area contributed by atoms with Gasteiger partial charge in [0.2, 0.25) is 11.8 Å². The SMILES string of the molecule is CC[C@@]12CNc3nnc(-c4cccc(F)c4O)cc3N1C[C@H](N(CCC(C)C)C1CCN(CC3CCN(c4ccc5c(c4)C(=O)N([C@H]4CCC(=O)NC4=O)C5)CC3)CC1)C2. The van der Waals surface area contributed by atoms with E-state index in [4.69, 9.17) is 0 Å². The van der Waals surface area contributed by atoms with Crippen molar-refractivity contribution in [2.24, 2.45) is 11.8 Å². The normalized spacial score (nSPS) is 25.2. The topological polar surface area (TPSA) is 137 Å². The first kappa shape index (κ1) is 40.6. The molecular weight excluding hydrogens is 762 g/mol. The average molecular weight is 822 g/mol. The molecule has 3 N–H and O–H groups in total. The maximum Gasteiger partial charge on any atom is 0.255 e. The Hall–Kier alpha value is -4.82. The number of carbonyl (C=O) groups excluding carboxylic acids is 3. The average Bonchev–Trinajstić information content (AvgIpc) is 3.80. The number of phenols is 1. The largest absolute Gasteiger partial charge is 0.504 e. The number of aromatic nitrogens is 2. The summed E-state index contributed by atoms with van der Waals surface area (Å²) in [7, 11) is 0. The number of phenolic OH excluding ortho intramolecular Hbond substituents is 1. The van der Waals surface area contributed by atoms with Gasteiger partial charge in [0.1, 0.15) is 6.04 Å². The van der Waals surface area contributed by atoms with Crippen molar-refractivity contribution < 1.29 is 23.9 Å². The monoisotopic (exact) mass is 821 g/mol. The fourth-order valence-corrected chi connectivity index (χ4v) is 11.0. The third-order valence-electron chi connectivity index (χ3n) is 14.6. The molecule has 1 aromatic heterocycles. The molecule has 3 amide bonds. The molecular formula is C46H60FN9O4. The van der Waals surface area contributed by atoms with Crippen molar-refractivity contribution in [3.8, 4) is 17.0 Å². The van der Waals surface area contributed by atoms with Crippen LogP contribution in [0.4, 0.5) is 21.6 Å². The quantitative estimate of drug-likeness (QED) is 0.208. The van der Waals surface area contributed by atoms with Crippen LogP contribution in [0.25, 0.3) is 11.3 Å². The summed E-state index contributed by atoms with van der Waals surface area (Å²) < 4.78 is 14.4. The van der Waals surface area contributed by atoms with Gasteiger partial charge in [0.05, 0.1) is 16.9 Å². The smallest absolute Gasteiger partial charge is 0.255 e. The maximum atomic E-state index is 14.4. The van der Waals surface area contributed by atoms with Crippen LogP contribution >= 0.6 is 0 Å². The number of piperidine rings is 3. The molecule has 0 spiro atoms. The van der Waals surface area contributed by atoms with E-state index in [2.05, 4.69) is 67.3 Å². The lowest BCUT2D eigenvalue weighted by molar-refractivity contribution is -0.136. The van der Waals surface area contributed by atoms with Crippen molar-refractivity contribution in [3.63, 3.8) is 0 Å². The molecule has 6 aliphatic rings. The van der Waals surface area contributed by atoms with Crippen molar-refractivity contribution in [2.45, 2.75) is 109 Å². The van der Waals surface area contributed by atoms with Gasteiger partial charge in [-0.3, -0.25) is 24.6 Å². The Bertz CT molecular complexity index is 2120. The lowest BCUT2D eigenvalue weighted by atomic mass is 9.88. The third-order valence-corrected chi connectivity index (χ3v) is 14.6. The number of aromatic hydroxyl groups is 1. The molecule has 14 heteroatoms. The molecule has 60 heavy (non-hydrogen) atoms. The molecule has 3 aromatic rings. The van der Waals surface area contributed by atoms with Crippen molar-refractivity contribution >= 4 is 34.9 Å². The fraction of sp³-hybridized carbons (Fsp3) is 0.587. The lowest BCUT2D eigenvalue weighted by Gasteiger charge is -2.44. The van der Waals surface area contributed by atoms with Crippen LogP contribution in [-0.4, -0.2) is 124 Å². The van der Waals surface area contributed by atoms with E-state index in [1.165, 1.54) is 6.07 Å². The molecule has 0 aliphatic carbocycles. The van der Waals surface area contributed by atoms with Crippen LogP contribution in [0, 0.1) is 17.7 Å². The van der Waals surface area contributed by atoms with E-state index in [0.29, 0.717) is 53.7 Å². The van der Waals surface area contributed by atoms with Gasteiger partial charge in [-0.15, -0.1) is 10.2 Å². The van der Waals surface area contributed by atoms with E-state index in [0.717, 1.165) is 120 Å². The van der Waals surface area contributed by atoms with E-state index in [9.17, 15) is 23.9 Å². The van der Waals surface area contributed by atoms with Gasteiger partial charge >= 0.3 is 0 Å². The van der Waals surface area contributed by atoms with E-state index in [-0.39, 0.29) is 29.7 Å². The Morgan fingerprint density at radius 1 is 0.967 bits per heavy atom. The summed E-state index contributed by atoms with van der Waals surface area (Å²) >= 11 is 0. The Morgan fingerprint density at radius 2 is 1.77 bits per heavy atom. The van der Waals surface area contributed by atoms with Gasteiger partial charge in [0, 0.05) is 74.6 Å². The van der Waals surface area contributed by atoms with Crippen molar-refractivity contribution in [1.82, 2.24) is 30.2 Å². The zero-order chi connectivity index (χ0) is 41.7. The number of halogens is 1. The highest BCUT2D eigenvalue weighted by Crippen LogP contribution is 2.46. The Labute approximate surface area is 352 Å². The van der Waals surface area contributed by atoms with Gasteiger partial charge in [-0.2, -0.15) is 0 Å². The number of fused-ring (bicyclic) bond motifs is 4. The highest BCUT2D eigenvalue weighted by atomic mass is 19.1. The number of nitrogens with zero attached hydrogens (tertiary/aromatic N) is 7. The fourth-order valence-electron chi connectivity index (χ4n) is 11.0. The summed E-state index contributed by atoms with van der Waals surface area (Å²) in [6.45, 7) is 15.4. The summed E-state index contributed by atoms with van der Waals surface area (Å²) in [5.41, 5.74) is 4.41. The van der Waals surface area contributed by atoms with Gasteiger partial charge in [-0.05, 0) is 119 Å². The van der Waals surface area contributed by atoms with E-state index in [1.54, 1.807) is 17.0 Å². The summed E-state index contributed by atoms with van der Waals surface area (Å²) in [5, 5.41) is 25.4. The second-order valence-corrected chi connectivity index (χ2v) is 18.6. The second-order valence-electron chi connectivity index (χ2n) is 18.6. The molecule has 4 fully saturated rings. The number of carbonyl (C=O) groups is 3. The standard InChI is InChI=1S/C46H60FN9O4/c1-4-46-24-34(27-56(46)40-23-38(50-51-43(40)48-28-46)35-6-5-7-37(47)42(35)58)54(21-12-29(2)3)32-15-17-52(18-16-32)25-30-13-19-53(20-14-30)33-9-8-31-26-55(45(60)36(31)22-33)39-10-11-41(57)49-44(39)59/h5-9,22-23,29-30,32,34,39,58H,4,10-21,24-28H2,1-3H3,(H,48,51)(H,49,57,59)/t34-,39+,46-/m1/s1. The second kappa shape index (κ2) is 16.6. The number of imide groups is 1. The molecule has 0 radical (unpaired) electrons. The van der Waals surface area contributed by atoms with Crippen LogP contribution < -0.4 is 20.4 Å². The molecule has 7 heterocycles. The van der Waals surface area contributed by atoms with Crippen LogP contribution in [0.1, 0.15) is 94.5 Å². The van der Waals surface area contributed by atoms with E-state index >= 15 is 0 Å². The van der Waals surface area contributed by atoms with Crippen molar-refractivity contribution in [1.29, 1.82) is 0 Å². The van der Waals surface area contributed by atoms with Crippen LogP contribution in [0.15, 0.2) is 42.5 Å². The molecule has 13 nitrogen and oxygen atoms in total. The zero-order valence-electron chi connectivity index (χ0n) is 35.3. The van der Waals surface area contributed by atoms with Crippen LogP contribution in [0.5, 0.6) is 5.75 Å². The highest BCUT2D eigenvalue weighted by molar-refractivity contribution is 6.05. The number of anilines is 3. The number of hydrogen-bond acceptors (Lipinski definition) is 11. The number of hydrogen-bond donors (Lipinski definition) is 3. The Balaban J connectivity index is 0.811. The summed E-state index contributed by atoms with van der Waals surface area (Å²) in [4.78, 5) is 49.8. The van der Waals surface area contributed by atoms with Crippen LogP contribution in [0.2, 0.25) is 0 Å². The summed E-state index contributed by atoms with van der Waals surface area (Å²) in [6.07, 6.45) is 8.39. The number of benzene rings is 2. The molecule has 9 rings (SSSR count). The van der Waals surface area contributed by atoms with Gasteiger partial charge in [0.25, 0.3) is 5.91 Å². The Morgan fingerprint density at radius 3 is 2.52 bits per heavy atom. The molecule has 0 unspecified atom stereocenters. The molecule has 0 saturated carbocycles. The first-order valence-electron chi connectivity index (χ1n) is 22.4. The third kappa shape index (κ3) is 7.69. The number of para-hydroxylation sites is 1. The minimum Gasteiger partial charge on any atom is -0.504 e. The Kier molecular flexibility index (Phi) is 11.2. The molecule has 6 aliphatic heterocycles. The summed E-state index contributed by atoms with van der Waals surface area (Å²) in [6, 6.07) is 13.0. The minimum absolute atomic E-state index is 0.0704. The first-order chi connectivity index (χ1) is 29.0. The molecule has 320 valence electrons. The number of likely N-dealkylation sites (tertiary alicyclic amines) is 1. The number of nitrogens with one attached hydrogen (secondary N) is 2. The molecule has 4 saturated heterocycles. The van der Waals surface area contributed by atoms with Crippen LogP contribution in [-0.2, 0) is 16.1 Å². The molecule has 0 bridgehead atoms. The maximum absolute atomic E-state index is 14.4. The van der Waals surface area contributed by atoms with Crippen molar-refractivity contribution in [2.75, 3.05) is 67.5 Å². The van der Waals surface area contributed by atoms with Crippen LogP contribution in [0.3, 0.4) is 0 Å². The predicted octanol–water partition coefficient (Wildman–Crippen LogP) is 5.63.